The molecule has 1 N–H and O–H groups in total. The Morgan fingerprint density at radius 2 is 2.05 bits per heavy atom. The van der Waals surface area contributed by atoms with Gasteiger partial charge in [-0.3, -0.25) is 4.68 Å². The summed E-state index contributed by atoms with van der Waals surface area (Å²) in [6.07, 6.45) is 8.03. The summed E-state index contributed by atoms with van der Waals surface area (Å²) >= 11 is 0. The summed E-state index contributed by atoms with van der Waals surface area (Å²) in [5.41, 5.74) is 4.03. The zero-order chi connectivity index (χ0) is 14.9. The minimum Gasteiger partial charge on any atom is -0.370 e. The second-order valence-corrected chi connectivity index (χ2v) is 6.78. The number of hydrogen-bond donors (Lipinski definition) is 1. The molecule has 21 heavy (non-hydrogen) atoms. The molecule has 1 aliphatic carbocycles. The van der Waals surface area contributed by atoms with Gasteiger partial charge in [0.25, 0.3) is 0 Å². The fraction of sp³-hybridized carbons (Fsp3) is 0.824. The standard InChI is InChI=1S/C17H29N3O/c1-4-18-11-16-13(2)19-20(14(16)3)12-15-7-10-17(21-15)8-5-6-9-17/h15,18H,4-12H2,1-3H3. The molecule has 4 nitrogen and oxygen atoms in total. The number of rotatable bonds is 5. The van der Waals surface area contributed by atoms with Crippen LogP contribution in [-0.4, -0.2) is 28.0 Å². The first kappa shape index (κ1) is 15.0. The van der Waals surface area contributed by atoms with Crippen LogP contribution in [0.25, 0.3) is 0 Å². The zero-order valence-corrected chi connectivity index (χ0v) is 13.7. The van der Waals surface area contributed by atoms with Crippen LogP contribution >= 0.6 is 0 Å². The molecule has 2 heterocycles. The summed E-state index contributed by atoms with van der Waals surface area (Å²) in [5.74, 6) is 0. The highest BCUT2D eigenvalue weighted by Gasteiger charge is 2.42. The van der Waals surface area contributed by atoms with E-state index in [9.17, 15) is 0 Å². The molecular weight excluding hydrogens is 262 g/mol. The smallest absolute Gasteiger partial charge is 0.0779 e. The lowest BCUT2D eigenvalue weighted by molar-refractivity contribution is -0.0431. The topological polar surface area (TPSA) is 39.1 Å². The third-order valence-corrected chi connectivity index (χ3v) is 5.31. The van der Waals surface area contributed by atoms with Gasteiger partial charge < -0.3 is 10.1 Å². The number of hydrogen-bond acceptors (Lipinski definition) is 3. The van der Waals surface area contributed by atoms with Crippen molar-refractivity contribution in [1.29, 1.82) is 0 Å². The average Bonchev–Trinajstić information content (AvgIpc) is 3.14. The first-order valence-electron chi connectivity index (χ1n) is 8.55. The molecular formula is C17H29N3O. The third-order valence-electron chi connectivity index (χ3n) is 5.31. The van der Waals surface area contributed by atoms with Crippen LogP contribution in [0.5, 0.6) is 0 Å². The van der Waals surface area contributed by atoms with Crippen LogP contribution in [0.3, 0.4) is 0 Å². The van der Waals surface area contributed by atoms with Gasteiger partial charge in [0.05, 0.1) is 23.9 Å². The predicted octanol–water partition coefficient (Wildman–Crippen LogP) is 3.10. The van der Waals surface area contributed by atoms with Gasteiger partial charge in [0.15, 0.2) is 0 Å². The van der Waals surface area contributed by atoms with E-state index in [4.69, 9.17) is 9.84 Å². The fourth-order valence-corrected chi connectivity index (χ4v) is 4.02. The van der Waals surface area contributed by atoms with E-state index in [1.165, 1.54) is 49.8 Å². The Kier molecular flexibility index (Phi) is 4.36. The Bertz CT molecular complexity index is 488. The number of aryl methyl sites for hydroxylation is 1. The van der Waals surface area contributed by atoms with Crippen LogP contribution in [0.15, 0.2) is 0 Å². The largest absolute Gasteiger partial charge is 0.370 e. The molecule has 1 aromatic rings. The van der Waals surface area contributed by atoms with Crippen LogP contribution in [0.4, 0.5) is 0 Å². The highest BCUT2D eigenvalue weighted by Crippen LogP contribution is 2.43. The van der Waals surface area contributed by atoms with Gasteiger partial charge in [0.1, 0.15) is 0 Å². The Hall–Kier alpha value is -0.870. The van der Waals surface area contributed by atoms with E-state index in [0.29, 0.717) is 6.10 Å². The van der Waals surface area contributed by atoms with Gasteiger partial charge in [-0.1, -0.05) is 19.8 Å². The first-order valence-corrected chi connectivity index (χ1v) is 8.55. The fourth-order valence-electron chi connectivity index (χ4n) is 4.02. The molecule has 0 amide bonds. The van der Waals surface area contributed by atoms with Crippen molar-refractivity contribution in [2.24, 2.45) is 0 Å². The first-order chi connectivity index (χ1) is 10.1. The molecule has 0 aromatic carbocycles. The molecule has 0 bridgehead atoms. The monoisotopic (exact) mass is 291 g/mol. The minimum absolute atomic E-state index is 0.230. The second-order valence-electron chi connectivity index (χ2n) is 6.78. The molecule has 2 aliphatic rings. The molecule has 118 valence electrons. The lowest BCUT2D eigenvalue weighted by Gasteiger charge is -2.24. The van der Waals surface area contributed by atoms with E-state index in [1.54, 1.807) is 0 Å². The molecule has 3 rings (SSSR count). The Morgan fingerprint density at radius 3 is 2.76 bits per heavy atom. The third kappa shape index (κ3) is 3.02. The van der Waals surface area contributed by atoms with Crippen LogP contribution in [0, 0.1) is 13.8 Å². The van der Waals surface area contributed by atoms with Gasteiger partial charge in [-0.25, -0.2) is 0 Å². The van der Waals surface area contributed by atoms with Crippen LogP contribution in [0.1, 0.15) is 62.4 Å². The molecule has 1 atom stereocenters. The molecule has 1 unspecified atom stereocenters. The molecule has 1 saturated carbocycles. The van der Waals surface area contributed by atoms with E-state index >= 15 is 0 Å². The summed E-state index contributed by atoms with van der Waals surface area (Å²) in [4.78, 5) is 0. The Morgan fingerprint density at radius 1 is 1.29 bits per heavy atom. The van der Waals surface area contributed by atoms with Crippen molar-refractivity contribution in [1.82, 2.24) is 15.1 Å². The maximum atomic E-state index is 6.42. The van der Waals surface area contributed by atoms with Gasteiger partial charge in [-0.2, -0.15) is 5.10 Å². The average molecular weight is 291 g/mol. The van der Waals surface area contributed by atoms with Crippen molar-refractivity contribution in [3.63, 3.8) is 0 Å². The van der Waals surface area contributed by atoms with E-state index in [-0.39, 0.29) is 5.60 Å². The number of aromatic nitrogens is 2. The van der Waals surface area contributed by atoms with Gasteiger partial charge in [-0.05, 0) is 46.1 Å². The highest BCUT2D eigenvalue weighted by molar-refractivity contribution is 5.24. The molecule has 1 saturated heterocycles. The number of nitrogens with zero attached hydrogens (tertiary/aromatic N) is 2. The maximum Gasteiger partial charge on any atom is 0.0779 e. The summed E-state index contributed by atoms with van der Waals surface area (Å²) in [6, 6.07) is 0. The van der Waals surface area contributed by atoms with Gasteiger partial charge in [-0.15, -0.1) is 0 Å². The van der Waals surface area contributed by atoms with E-state index in [1.807, 2.05) is 0 Å². The predicted molar refractivity (Wildman–Crippen MR) is 84.4 cm³/mol. The molecule has 0 radical (unpaired) electrons. The molecule has 1 aromatic heterocycles. The number of nitrogens with one attached hydrogen (secondary N) is 1. The SMILES string of the molecule is CCNCc1c(C)nn(CC2CCC3(CCCC3)O2)c1C. The summed E-state index contributed by atoms with van der Waals surface area (Å²) in [7, 11) is 0. The van der Waals surface area contributed by atoms with Gasteiger partial charge in [0.2, 0.25) is 0 Å². The summed E-state index contributed by atoms with van der Waals surface area (Å²) < 4.78 is 8.59. The Balaban J connectivity index is 1.65. The molecule has 1 spiro atoms. The van der Waals surface area contributed by atoms with Crippen molar-refractivity contribution in [3.05, 3.63) is 17.0 Å². The molecule has 1 aliphatic heterocycles. The highest BCUT2D eigenvalue weighted by atomic mass is 16.5. The lowest BCUT2D eigenvalue weighted by atomic mass is 9.98. The quantitative estimate of drug-likeness (QED) is 0.906. The van der Waals surface area contributed by atoms with Gasteiger partial charge >= 0.3 is 0 Å². The Labute approximate surface area is 128 Å². The number of ether oxygens (including phenoxy) is 1. The van der Waals surface area contributed by atoms with Crippen LogP contribution < -0.4 is 5.32 Å². The normalized spacial score (nSPS) is 24.2. The zero-order valence-electron chi connectivity index (χ0n) is 13.7. The van der Waals surface area contributed by atoms with Crippen molar-refractivity contribution < 1.29 is 4.74 Å². The van der Waals surface area contributed by atoms with Crippen LogP contribution in [0.2, 0.25) is 0 Å². The van der Waals surface area contributed by atoms with E-state index < -0.39 is 0 Å². The van der Waals surface area contributed by atoms with Gasteiger partial charge in [0, 0.05) is 17.8 Å². The summed E-state index contributed by atoms with van der Waals surface area (Å²) in [5, 5.41) is 8.15. The maximum absolute atomic E-state index is 6.42. The molecule has 2 fully saturated rings. The van der Waals surface area contributed by atoms with Crippen molar-refractivity contribution in [2.45, 2.75) is 84.1 Å². The summed E-state index contributed by atoms with van der Waals surface area (Å²) in [6.45, 7) is 9.28. The van der Waals surface area contributed by atoms with Crippen molar-refractivity contribution >= 4 is 0 Å². The lowest BCUT2D eigenvalue weighted by Crippen LogP contribution is -2.27. The molecule has 4 heteroatoms. The minimum atomic E-state index is 0.230. The van der Waals surface area contributed by atoms with Crippen LogP contribution in [-0.2, 0) is 17.8 Å². The van der Waals surface area contributed by atoms with Crippen molar-refractivity contribution in [2.75, 3.05) is 6.54 Å². The second kappa shape index (κ2) is 6.09. The van der Waals surface area contributed by atoms with E-state index in [0.717, 1.165) is 25.3 Å². The van der Waals surface area contributed by atoms with Crippen molar-refractivity contribution in [3.8, 4) is 0 Å². The van der Waals surface area contributed by atoms with E-state index in [2.05, 4.69) is 30.8 Å².